The summed E-state index contributed by atoms with van der Waals surface area (Å²) in [4.78, 5) is 16.1. The molecule has 0 aliphatic heterocycles. The predicted octanol–water partition coefficient (Wildman–Crippen LogP) is 3.86. The summed E-state index contributed by atoms with van der Waals surface area (Å²) in [6.45, 7) is 3.84. The monoisotopic (exact) mass is 402 g/mol. The van der Waals surface area contributed by atoms with Crippen molar-refractivity contribution in [3.8, 4) is 11.4 Å². The third kappa shape index (κ3) is 3.88. The summed E-state index contributed by atoms with van der Waals surface area (Å²) in [6, 6.07) is 14.2. The van der Waals surface area contributed by atoms with Gasteiger partial charge < -0.3 is 5.32 Å². The smallest absolute Gasteiger partial charge is 0.248 e. The van der Waals surface area contributed by atoms with Crippen molar-refractivity contribution in [2.75, 3.05) is 5.32 Å². The number of aryl methyl sites for hydroxylation is 1. The number of aromatic nitrogens is 5. The van der Waals surface area contributed by atoms with Crippen LogP contribution in [0.5, 0.6) is 0 Å². The van der Waals surface area contributed by atoms with Gasteiger partial charge in [0.15, 0.2) is 5.82 Å². The van der Waals surface area contributed by atoms with Gasteiger partial charge in [-0.05, 0) is 50.3 Å². The molecule has 2 aromatic heterocycles. The fraction of sp³-hybridized carbons (Fsp3) is 0.0909. The molecule has 0 aliphatic rings. The SMILES string of the molecule is Cc1nn(-c2ccccc2)c(C)c1/C=C/C(=O)Nc1ccc(-n2cncn2)c(F)c1. The Bertz CT molecular complexity index is 1210. The number of nitrogens with one attached hydrogen (secondary N) is 1. The van der Waals surface area contributed by atoms with Crippen molar-refractivity contribution in [3.63, 3.8) is 0 Å². The van der Waals surface area contributed by atoms with Gasteiger partial charge in [-0.1, -0.05) is 18.2 Å². The molecule has 0 radical (unpaired) electrons. The minimum absolute atomic E-state index is 0.251. The van der Waals surface area contributed by atoms with E-state index >= 15 is 0 Å². The van der Waals surface area contributed by atoms with Crippen LogP contribution < -0.4 is 5.32 Å². The number of anilines is 1. The topological polar surface area (TPSA) is 77.6 Å². The van der Waals surface area contributed by atoms with E-state index in [9.17, 15) is 9.18 Å². The molecule has 2 heterocycles. The second-order valence-electron chi connectivity index (χ2n) is 6.66. The fourth-order valence-electron chi connectivity index (χ4n) is 3.16. The summed E-state index contributed by atoms with van der Waals surface area (Å²) in [5, 5.41) is 11.1. The van der Waals surface area contributed by atoms with Crippen molar-refractivity contribution in [2.24, 2.45) is 0 Å². The molecule has 1 N–H and O–H groups in total. The minimum atomic E-state index is -0.516. The molecule has 0 saturated heterocycles. The lowest BCUT2D eigenvalue weighted by atomic mass is 10.2. The molecule has 0 spiro atoms. The highest BCUT2D eigenvalue weighted by Gasteiger charge is 2.11. The first kappa shape index (κ1) is 19.3. The first-order valence-electron chi connectivity index (χ1n) is 9.28. The first-order chi connectivity index (χ1) is 14.5. The molecule has 0 aliphatic carbocycles. The zero-order valence-corrected chi connectivity index (χ0v) is 16.5. The maximum absolute atomic E-state index is 14.3. The van der Waals surface area contributed by atoms with E-state index in [0.29, 0.717) is 5.69 Å². The number of nitrogens with zero attached hydrogens (tertiary/aromatic N) is 5. The zero-order chi connectivity index (χ0) is 21.1. The van der Waals surface area contributed by atoms with Gasteiger partial charge in [0.2, 0.25) is 5.91 Å². The standard InChI is InChI=1S/C22H19FN6O/c1-15-19(16(2)29(27-15)18-6-4-3-5-7-18)9-11-22(30)26-17-8-10-21(20(23)12-17)28-14-24-13-25-28/h3-14H,1-2H3,(H,26,30)/b11-9+. The Kier molecular flexibility index (Phi) is 5.21. The molecule has 30 heavy (non-hydrogen) atoms. The van der Waals surface area contributed by atoms with E-state index in [1.165, 1.54) is 35.5 Å². The lowest BCUT2D eigenvalue weighted by Crippen LogP contribution is -2.09. The molecular formula is C22H19FN6O. The van der Waals surface area contributed by atoms with E-state index in [-0.39, 0.29) is 11.6 Å². The van der Waals surface area contributed by atoms with Gasteiger partial charge in [0.05, 0.1) is 11.4 Å². The summed E-state index contributed by atoms with van der Waals surface area (Å²) in [6.07, 6.45) is 5.85. The van der Waals surface area contributed by atoms with Crippen molar-refractivity contribution in [3.05, 3.63) is 90.0 Å². The summed E-state index contributed by atoms with van der Waals surface area (Å²) >= 11 is 0. The molecule has 0 atom stereocenters. The van der Waals surface area contributed by atoms with E-state index in [0.717, 1.165) is 22.6 Å². The highest BCUT2D eigenvalue weighted by Crippen LogP contribution is 2.20. The van der Waals surface area contributed by atoms with E-state index in [4.69, 9.17) is 0 Å². The number of para-hydroxylation sites is 1. The molecule has 150 valence electrons. The van der Waals surface area contributed by atoms with Gasteiger partial charge in [-0.2, -0.15) is 10.2 Å². The van der Waals surface area contributed by atoms with Gasteiger partial charge in [-0.25, -0.2) is 18.7 Å². The van der Waals surface area contributed by atoms with Crippen molar-refractivity contribution >= 4 is 17.7 Å². The van der Waals surface area contributed by atoms with Crippen LogP contribution in [0.15, 0.2) is 67.3 Å². The van der Waals surface area contributed by atoms with Crippen molar-refractivity contribution < 1.29 is 9.18 Å². The Morgan fingerprint density at radius 1 is 1.13 bits per heavy atom. The number of hydrogen-bond acceptors (Lipinski definition) is 4. The first-order valence-corrected chi connectivity index (χ1v) is 9.28. The molecule has 8 heteroatoms. The normalized spacial score (nSPS) is 11.2. The number of rotatable bonds is 5. The molecule has 7 nitrogen and oxygen atoms in total. The molecule has 0 saturated carbocycles. The van der Waals surface area contributed by atoms with Gasteiger partial charge in [0.25, 0.3) is 0 Å². The van der Waals surface area contributed by atoms with Crippen LogP contribution in [0.4, 0.5) is 10.1 Å². The Labute approximate surface area is 172 Å². The quantitative estimate of drug-likeness (QED) is 0.514. The van der Waals surface area contributed by atoms with Crippen LogP contribution in [0.25, 0.3) is 17.5 Å². The average Bonchev–Trinajstić information content (AvgIpc) is 3.36. The van der Waals surface area contributed by atoms with Gasteiger partial charge in [0.1, 0.15) is 18.3 Å². The number of carbonyl (C=O) groups is 1. The Morgan fingerprint density at radius 2 is 1.93 bits per heavy atom. The average molecular weight is 402 g/mol. The van der Waals surface area contributed by atoms with Crippen LogP contribution in [0.3, 0.4) is 0 Å². The van der Waals surface area contributed by atoms with Crippen LogP contribution in [0.1, 0.15) is 17.0 Å². The van der Waals surface area contributed by atoms with Crippen molar-refractivity contribution in [2.45, 2.75) is 13.8 Å². The molecule has 0 fully saturated rings. The summed E-state index contributed by atoms with van der Waals surface area (Å²) in [5.74, 6) is -0.882. The van der Waals surface area contributed by atoms with Gasteiger partial charge in [0, 0.05) is 23.0 Å². The summed E-state index contributed by atoms with van der Waals surface area (Å²) in [7, 11) is 0. The van der Waals surface area contributed by atoms with E-state index in [1.807, 2.05) is 48.9 Å². The van der Waals surface area contributed by atoms with Crippen LogP contribution >= 0.6 is 0 Å². The van der Waals surface area contributed by atoms with E-state index < -0.39 is 5.82 Å². The van der Waals surface area contributed by atoms with Crippen molar-refractivity contribution in [1.82, 2.24) is 24.5 Å². The highest BCUT2D eigenvalue weighted by molar-refractivity contribution is 6.02. The molecule has 4 rings (SSSR count). The lowest BCUT2D eigenvalue weighted by molar-refractivity contribution is -0.111. The van der Waals surface area contributed by atoms with Gasteiger partial charge in [-0.15, -0.1) is 0 Å². The van der Waals surface area contributed by atoms with E-state index in [1.54, 1.807) is 12.1 Å². The van der Waals surface area contributed by atoms with Gasteiger partial charge in [-0.3, -0.25) is 4.79 Å². The van der Waals surface area contributed by atoms with Crippen LogP contribution in [-0.4, -0.2) is 30.5 Å². The number of amides is 1. The van der Waals surface area contributed by atoms with E-state index in [2.05, 4.69) is 20.5 Å². The third-order valence-corrected chi connectivity index (χ3v) is 4.63. The fourth-order valence-corrected chi connectivity index (χ4v) is 3.16. The number of hydrogen-bond donors (Lipinski definition) is 1. The molecule has 0 bridgehead atoms. The van der Waals surface area contributed by atoms with Gasteiger partial charge >= 0.3 is 0 Å². The summed E-state index contributed by atoms with van der Waals surface area (Å²) in [5.41, 5.74) is 4.14. The maximum Gasteiger partial charge on any atom is 0.248 e. The maximum atomic E-state index is 14.3. The zero-order valence-electron chi connectivity index (χ0n) is 16.5. The third-order valence-electron chi connectivity index (χ3n) is 4.63. The van der Waals surface area contributed by atoms with Crippen molar-refractivity contribution in [1.29, 1.82) is 0 Å². The summed E-state index contributed by atoms with van der Waals surface area (Å²) < 4.78 is 17.5. The Hall–Kier alpha value is -4.07. The predicted molar refractivity (Wildman–Crippen MR) is 112 cm³/mol. The van der Waals surface area contributed by atoms with Crippen LogP contribution in [0.2, 0.25) is 0 Å². The Balaban J connectivity index is 1.50. The number of carbonyl (C=O) groups excluding carboxylic acids is 1. The minimum Gasteiger partial charge on any atom is -0.322 e. The molecular weight excluding hydrogens is 383 g/mol. The largest absolute Gasteiger partial charge is 0.322 e. The van der Waals surface area contributed by atoms with Crippen LogP contribution in [-0.2, 0) is 4.79 Å². The molecule has 0 unspecified atom stereocenters. The van der Waals surface area contributed by atoms with Crippen LogP contribution in [0, 0.1) is 19.7 Å². The Morgan fingerprint density at radius 3 is 2.63 bits per heavy atom. The lowest BCUT2D eigenvalue weighted by Gasteiger charge is -2.06. The second kappa shape index (κ2) is 8.12. The molecule has 4 aromatic rings. The number of benzene rings is 2. The second-order valence-corrected chi connectivity index (χ2v) is 6.66. The number of halogens is 1. The molecule has 1 amide bonds. The molecule has 2 aromatic carbocycles. The highest BCUT2D eigenvalue weighted by atomic mass is 19.1.